The van der Waals surface area contributed by atoms with E-state index in [9.17, 15) is 29.4 Å². The number of carbonyl (C=O) groups is 4. The number of nitrogens with one attached hydrogen (secondary N) is 2. The maximum Gasteiger partial charge on any atom is 0.326 e. The monoisotopic (exact) mass is 640 g/mol. The van der Waals surface area contributed by atoms with Crippen LogP contribution in [0.15, 0.2) is 78.9 Å². The lowest BCUT2D eigenvalue weighted by Crippen LogP contribution is -2.60. The zero-order valence-electron chi connectivity index (χ0n) is 26.5. The summed E-state index contributed by atoms with van der Waals surface area (Å²) in [6.07, 6.45) is 6.03. The van der Waals surface area contributed by atoms with Gasteiger partial charge in [0.2, 0.25) is 17.7 Å². The van der Waals surface area contributed by atoms with Gasteiger partial charge in [-0.2, -0.15) is 0 Å². The number of benzene rings is 3. The summed E-state index contributed by atoms with van der Waals surface area (Å²) in [6.45, 7) is 0.189. The Morgan fingerprint density at radius 1 is 0.787 bits per heavy atom. The first-order valence-corrected chi connectivity index (χ1v) is 16.5. The van der Waals surface area contributed by atoms with Crippen molar-refractivity contribution < 1.29 is 29.4 Å². The van der Waals surface area contributed by atoms with Crippen LogP contribution in [0.2, 0.25) is 0 Å². The molecule has 3 aromatic rings. The van der Waals surface area contributed by atoms with Crippen LogP contribution in [-0.4, -0.2) is 63.0 Å². The highest BCUT2D eigenvalue weighted by Crippen LogP contribution is 2.29. The van der Waals surface area contributed by atoms with Crippen LogP contribution in [-0.2, 0) is 45.0 Å². The summed E-state index contributed by atoms with van der Waals surface area (Å²) in [4.78, 5) is 55.5. The third kappa shape index (κ3) is 8.98. The number of aromatic hydroxyl groups is 1. The molecule has 3 aromatic carbocycles. The van der Waals surface area contributed by atoms with Crippen LogP contribution in [0, 0.1) is 5.92 Å². The normalized spacial score (nSPS) is 18.3. The number of amides is 3. The average molecular weight is 641 g/mol. The molecule has 3 amide bonds. The van der Waals surface area contributed by atoms with Gasteiger partial charge in [0, 0.05) is 19.4 Å². The Morgan fingerprint density at radius 2 is 1.43 bits per heavy atom. The molecular weight excluding hydrogens is 596 g/mol. The van der Waals surface area contributed by atoms with Gasteiger partial charge in [-0.05, 0) is 53.1 Å². The number of nitrogens with two attached hydrogens (primary N) is 1. The Morgan fingerprint density at radius 3 is 2.11 bits per heavy atom. The van der Waals surface area contributed by atoms with E-state index >= 15 is 0 Å². The summed E-state index contributed by atoms with van der Waals surface area (Å²) < 4.78 is 0. The minimum Gasteiger partial charge on any atom is -0.508 e. The van der Waals surface area contributed by atoms with Crippen LogP contribution < -0.4 is 16.4 Å². The predicted molar refractivity (Wildman–Crippen MR) is 177 cm³/mol. The van der Waals surface area contributed by atoms with Gasteiger partial charge in [0.05, 0.1) is 6.04 Å². The van der Waals surface area contributed by atoms with Crippen molar-refractivity contribution in [1.82, 2.24) is 15.5 Å². The number of carboxylic acid groups (broad SMARTS) is 1. The molecule has 10 nitrogen and oxygen atoms in total. The summed E-state index contributed by atoms with van der Waals surface area (Å²) >= 11 is 0. The quantitative estimate of drug-likeness (QED) is 0.202. The molecule has 0 spiro atoms. The fourth-order valence-corrected chi connectivity index (χ4v) is 6.75. The van der Waals surface area contributed by atoms with Crippen LogP contribution in [0.5, 0.6) is 5.75 Å². The summed E-state index contributed by atoms with van der Waals surface area (Å²) in [5.74, 6) is -2.26. The number of phenols is 1. The standard InChI is InChI=1S/C37H44N4O6/c38-30(19-26-15-17-29(42)18-16-26)36(45)41-23-28-14-8-7-13-27(28)22-33(41)35(44)39-31(20-24-9-3-1-4-10-24)34(43)40-32(37(46)47)21-25-11-5-2-6-12-25/h2,5-8,11-18,24,30-33,42H,1,3-4,9-10,19-23,38H2,(H,39,44)(H,40,43)(H,46,47)/t30-,31-,32-,33-/m0/s1. The van der Waals surface area contributed by atoms with Crippen molar-refractivity contribution in [2.75, 3.05) is 0 Å². The lowest BCUT2D eigenvalue weighted by molar-refractivity contribution is -0.144. The Hall–Kier alpha value is -4.70. The summed E-state index contributed by atoms with van der Waals surface area (Å²) in [7, 11) is 0. The number of nitrogens with zero attached hydrogens (tertiary/aromatic N) is 1. The van der Waals surface area contributed by atoms with Crippen molar-refractivity contribution in [3.8, 4) is 5.75 Å². The molecule has 10 heteroatoms. The van der Waals surface area contributed by atoms with Gasteiger partial charge in [0.25, 0.3) is 0 Å². The molecule has 5 rings (SSSR count). The van der Waals surface area contributed by atoms with Gasteiger partial charge >= 0.3 is 5.97 Å². The summed E-state index contributed by atoms with van der Waals surface area (Å²) in [5.41, 5.74) is 9.81. The van der Waals surface area contributed by atoms with E-state index in [0.717, 1.165) is 54.4 Å². The van der Waals surface area contributed by atoms with E-state index in [1.165, 1.54) is 17.0 Å². The number of aliphatic carboxylic acids is 1. The zero-order chi connectivity index (χ0) is 33.3. The Labute approximate surface area is 275 Å². The molecule has 4 atom stereocenters. The minimum atomic E-state index is -1.17. The van der Waals surface area contributed by atoms with E-state index in [4.69, 9.17) is 5.73 Å². The Kier molecular flexibility index (Phi) is 11.3. The predicted octanol–water partition coefficient (Wildman–Crippen LogP) is 3.48. The fraction of sp³-hybridized carbons (Fsp3) is 0.405. The van der Waals surface area contributed by atoms with Crippen LogP contribution in [0.3, 0.4) is 0 Å². The number of hydrogen-bond donors (Lipinski definition) is 5. The molecule has 0 saturated heterocycles. The second kappa shape index (κ2) is 15.7. The first kappa shape index (κ1) is 33.7. The highest BCUT2D eigenvalue weighted by atomic mass is 16.4. The van der Waals surface area contributed by atoms with E-state index in [2.05, 4.69) is 10.6 Å². The van der Waals surface area contributed by atoms with Gasteiger partial charge in [-0.3, -0.25) is 14.4 Å². The van der Waals surface area contributed by atoms with E-state index in [0.29, 0.717) is 6.42 Å². The molecule has 0 radical (unpaired) electrons. The Bertz CT molecular complexity index is 1540. The van der Waals surface area contributed by atoms with Crippen LogP contribution in [0.1, 0.15) is 60.8 Å². The van der Waals surface area contributed by atoms with Gasteiger partial charge < -0.3 is 31.5 Å². The molecule has 6 N–H and O–H groups in total. The summed E-state index contributed by atoms with van der Waals surface area (Å²) in [5, 5.41) is 25.2. The molecule has 47 heavy (non-hydrogen) atoms. The van der Waals surface area contributed by atoms with E-state index < -0.39 is 47.9 Å². The van der Waals surface area contributed by atoms with E-state index in [-0.39, 0.29) is 37.5 Å². The van der Waals surface area contributed by atoms with Crippen LogP contribution in [0.25, 0.3) is 0 Å². The summed E-state index contributed by atoms with van der Waals surface area (Å²) in [6, 6.07) is 19.2. The second-order valence-corrected chi connectivity index (χ2v) is 12.8. The van der Waals surface area contributed by atoms with Crippen molar-refractivity contribution in [3.05, 3.63) is 101 Å². The van der Waals surface area contributed by atoms with Crippen molar-refractivity contribution in [2.45, 2.75) is 88.5 Å². The molecule has 0 aromatic heterocycles. The maximum absolute atomic E-state index is 14.1. The smallest absolute Gasteiger partial charge is 0.326 e. The highest BCUT2D eigenvalue weighted by Gasteiger charge is 2.39. The number of fused-ring (bicyclic) bond motifs is 1. The third-order valence-corrected chi connectivity index (χ3v) is 9.37. The van der Waals surface area contributed by atoms with Gasteiger partial charge in [-0.1, -0.05) is 98.8 Å². The van der Waals surface area contributed by atoms with Crippen molar-refractivity contribution >= 4 is 23.7 Å². The molecule has 1 saturated carbocycles. The van der Waals surface area contributed by atoms with Crippen molar-refractivity contribution in [1.29, 1.82) is 0 Å². The lowest BCUT2D eigenvalue weighted by atomic mass is 9.84. The van der Waals surface area contributed by atoms with Crippen molar-refractivity contribution in [2.24, 2.45) is 11.7 Å². The topological polar surface area (TPSA) is 162 Å². The molecule has 1 aliphatic heterocycles. The first-order chi connectivity index (χ1) is 22.7. The molecule has 0 bridgehead atoms. The van der Waals surface area contributed by atoms with E-state index in [1.54, 1.807) is 12.1 Å². The Balaban J connectivity index is 1.36. The molecule has 248 valence electrons. The average Bonchev–Trinajstić information content (AvgIpc) is 3.08. The fourth-order valence-electron chi connectivity index (χ4n) is 6.75. The van der Waals surface area contributed by atoms with Crippen molar-refractivity contribution in [3.63, 3.8) is 0 Å². The number of carbonyl (C=O) groups excluding carboxylic acids is 3. The maximum atomic E-state index is 14.1. The van der Waals surface area contributed by atoms with Gasteiger partial charge in [0.1, 0.15) is 23.9 Å². The molecule has 1 fully saturated rings. The van der Waals surface area contributed by atoms with Crippen LogP contribution in [0.4, 0.5) is 0 Å². The SMILES string of the molecule is N[C@@H](Cc1ccc(O)cc1)C(=O)N1Cc2ccccc2C[C@H]1C(=O)N[C@@H](CC1CCCCC1)C(=O)N[C@@H](Cc1ccccc1)C(=O)O. The second-order valence-electron chi connectivity index (χ2n) is 12.8. The molecule has 1 aliphatic carbocycles. The largest absolute Gasteiger partial charge is 0.508 e. The van der Waals surface area contributed by atoms with Crippen LogP contribution >= 0.6 is 0 Å². The zero-order valence-corrected chi connectivity index (χ0v) is 26.5. The third-order valence-electron chi connectivity index (χ3n) is 9.37. The van der Waals surface area contributed by atoms with Gasteiger partial charge in [0.15, 0.2) is 0 Å². The highest BCUT2D eigenvalue weighted by molar-refractivity contribution is 5.94. The number of phenolic OH excluding ortho intramolecular Hbond substituents is 1. The lowest BCUT2D eigenvalue weighted by Gasteiger charge is -2.38. The number of rotatable bonds is 12. The molecular formula is C37H44N4O6. The van der Waals surface area contributed by atoms with Gasteiger partial charge in [-0.25, -0.2) is 4.79 Å². The first-order valence-electron chi connectivity index (χ1n) is 16.5. The van der Waals surface area contributed by atoms with Gasteiger partial charge in [-0.15, -0.1) is 0 Å². The molecule has 1 heterocycles. The van der Waals surface area contributed by atoms with E-state index in [1.807, 2.05) is 54.6 Å². The number of carboxylic acids is 1. The molecule has 0 unspecified atom stereocenters. The molecule has 2 aliphatic rings. The minimum absolute atomic E-state index is 0.104. The number of hydrogen-bond acceptors (Lipinski definition) is 6.